The molecule has 2 amide bonds. The lowest BCUT2D eigenvalue weighted by Gasteiger charge is -2.33. The summed E-state index contributed by atoms with van der Waals surface area (Å²) in [5.41, 5.74) is 0.884. The van der Waals surface area contributed by atoms with Gasteiger partial charge in [0.15, 0.2) is 0 Å². The number of unbranched alkanes of at least 4 members (excludes halogenated alkanes) is 1. The molecular weight excluding hydrogens is 570 g/mol. The van der Waals surface area contributed by atoms with Crippen LogP contribution in [0.25, 0.3) is 0 Å². The van der Waals surface area contributed by atoms with Gasteiger partial charge in [0.2, 0.25) is 11.8 Å². The maximum absolute atomic E-state index is 14.3. The molecule has 1 unspecified atom stereocenters. The molecule has 0 spiro atoms. The topological polar surface area (TPSA) is 114 Å². The Bertz CT molecular complexity index is 1450. The van der Waals surface area contributed by atoms with Gasteiger partial charge in [-0.1, -0.05) is 50.6 Å². The second kappa shape index (κ2) is 15.8. The molecule has 43 heavy (non-hydrogen) atoms. The number of carbonyl (C=O) groups is 2. The molecule has 0 radical (unpaired) electrons. The van der Waals surface area contributed by atoms with E-state index in [4.69, 9.17) is 14.2 Å². The molecule has 0 aliphatic rings. The first-order valence-corrected chi connectivity index (χ1v) is 15.6. The van der Waals surface area contributed by atoms with Crippen LogP contribution in [0.2, 0.25) is 0 Å². The second-order valence-electron chi connectivity index (χ2n) is 9.80. The fourth-order valence-corrected chi connectivity index (χ4v) is 6.02. The molecule has 11 heteroatoms. The van der Waals surface area contributed by atoms with Crippen LogP contribution in [0.3, 0.4) is 0 Å². The molecule has 3 aromatic carbocycles. The predicted molar refractivity (Wildman–Crippen MR) is 166 cm³/mol. The predicted octanol–water partition coefficient (Wildman–Crippen LogP) is 4.63. The summed E-state index contributed by atoms with van der Waals surface area (Å²) in [5, 5.41) is 2.93. The van der Waals surface area contributed by atoms with E-state index in [1.54, 1.807) is 49.6 Å². The number of rotatable bonds is 16. The first-order chi connectivity index (χ1) is 20.7. The summed E-state index contributed by atoms with van der Waals surface area (Å²) in [7, 11) is 0.189. The summed E-state index contributed by atoms with van der Waals surface area (Å²) in [6.45, 7) is 3.82. The Labute approximate surface area is 254 Å². The van der Waals surface area contributed by atoms with E-state index in [2.05, 4.69) is 5.32 Å². The van der Waals surface area contributed by atoms with E-state index in [1.165, 1.54) is 37.3 Å². The van der Waals surface area contributed by atoms with Crippen LogP contribution in [0, 0.1) is 0 Å². The number of methoxy groups -OCH3 is 3. The van der Waals surface area contributed by atoms with Crippen molar-refractivity contribution in [1.29, 1.82) is 0 Å². The van der Waals surface area contributed by atoms with Crippen LogP contribution in [0.1, 0.15) is 38.7 Å². The molecule has 1 atom stereocenters. The summed E-state index contributed by atoms with van der Waals surface area (Å²) >= 11 is 0. The van der Waals surface area contributed by atoms with Gasteiger partial charge >= 0.3 is 0 Å². The average Bonchev–Trinajstić information content (AvgIpc) is 3.03. The molecule has 0 heterocycles. The van der Waals surface area contributed by atoms with Crippen LogP contribution >= 0.6 is 0 Å². The van der Waals surface area contributed by atoms with Crippen molar-refractivity contribution in [3.63, 3.8) is 0 Å². The Balaban J connectivity index is 2.10. The van der Waals surface area contributed by atoms with Gasteiger partial charge < -0.3 is 24.4 Å². The third-order valence-electron chi connectivity index (χ3n) is 6.99. The lowest BCUT2D eigenvalue weighted by Crippen LogP contribution is -2.52. The normalized spacial score (nSPS) is 11.7. The Morgan fingerprint density at radius 3 is 2.09 bits per heavy atom. The van der Waals surface area contributed by atoms with Gasteiger partial charge in [0, 0.05) is 19.2 Å². The summed E-state index contributed by atoms with van der Waals surface area (Å²) in [5.74, 6) is 0.413. The van der Waals surface area contributed by atoms with Crippen LogP contribution in [-0.4, -0.2) is 65.6 Å². The average molecular weight is 612 g/mol. The fourth-order valence-electron chi connectivity index (χ4n) is 4.58. The van der Waals surface area contributed by atoms with Gasteiger partial charge in [0.05, 0.1) is 31.9 Å². The third kappa shape index (κ3) is 8.41. The number of amides is 2. The molecule has 232 valence electrons. The van der Waals surface area contributed by atoms with Crippen molar-refractivity contribution in [1.82, 2.24) is 10.2 Å². The van der Waals surface area contributed by atoms with Gasteiger partial charge in [-0.2, -0.15) is 0 Å². The number of nitrogens with zero attached hydrogens (tertiary/aromatic N) is 2. The van der Waals surface area contributed by atoms with Crippen LogP contribution in [0.4, 0.5) is 5.69 Å². The number of ether oxygens (including phenoxy) is 3. The Morgan fingerprint density at radius 2 is 1.51 bits per heavy atom. The molecular formula is C32H41N3O7S. The van der Waals surface area contributed by atoms with Crippen LogP contribution in [0.15, 0.2) is 77.7 Å². The van der Waals surface area contributed by atoms with Gasteiger partial charge in [-0.3, -0.25) is 13.9 Å². The highest BCUT2D eigenvalue weighted by molar-refractivity contribution is 7.92. The zero-order chi connectivity index (χ0) is 31.4. The maximum Gasteiger partial charge on any atom is 0.264 e. The van der Waals surface area contributed by atoms with Gasteiger partial charge in [0.1, 0.15) is 29.8 Å². The Morgan fingerprint density at radius 1 is 0.860 bits per heavy atom. The summed E-state index contributed by atoms with van der Waals surface area (Å²) in [4.78, 5) is 29.0. The lowest BCUT2D eigenvalue weighted by atomic mass is 10.1. The van der Waals surface area contributed by atoms with Crippen molar-refractivity contribution in [2.45, 2.75) is 50.6 Å². The van der Waals surface area contributed by atoms with E-state index in [-0.39, 0.29) is 28.8 Å². The zero-order valence-corrected chi connectivity index (χ0v) is 26.2. The van der Waals surface area contributed by atoms with Crippen molar-refractivity contribution < 1.29 is 32.2 Å². The Hall–Kier alpha value is -4.25. The van der Waals surface area contributed by atoms with Crippen molar-refractivity contribution in [3.05, 3.63) is 78.4 Å². The van der Waals surface area contributed by atoms with Crippen LogP contribution in [0.5, 0.6) is 17.2 Å². The second-order valence-corrected chi connectivity index (χ2v) is 11.7. The number of sulfonamides is 1. The number of hydrogen-bond acceptors (Lipinski definition) is 7. The van der Waals surface area contributed by atoms with E-state index in [0.717, 1.165) is 22.7 Å². The van der Waals surface area contributed by atoms with Crippen molar-refractivity contribution in [2.24, 2.45) is 0 Å². The van der Waals surface area contributed by atoms with Gasteiger partial charge in [-0.25, -0.2) is 8.42 Å². The monoisotopic (exact) mass is 611 g/mol. The molecule has 3 rings (SSSR count). The summed E-state index contributed by atoms with van der Waals surface area (Å²) in [6, 6.07) is 18.9. The molecule has 10 nitrogen and oxygen atoms in total. The minimum Gasteiger partial charge on any atom is -0.497 e. The van der Waals surface area contributed by atoms with Crippen LogP contribution in [-0.2, 0) is 26.2 Å². The molecule has 1 N–H and O–H groups in total. The molecule has 3 aromatic rings. The number of carbonyl (C=O) groups excluding carboxylic acids is 2. The van der Waals surface area contributed by atoms with Gasteiger partial charge in [-0.05, 0) is 54.8 Å². The summed E-state index contributed by atoms with van der Waals surface area (Å²) in [6.07, 6.45) is 2.03. The first-order valence-electron chi connectivity index (χ1n) is 14.2. The largest absolute Gasteiger partial charge is 0.497 e. The van der Waals surface area contributed by atoms with Crippen LogP contribution < -0.4 is 23.8 Å². The highest BCUT2D eigenvalue weighted by Gasteiger charge is 2.35. The molecule has 0 bridgehead atoms. The van der Waals surface area contributed by atoms with Gasteiger partial charge in [-0.15, -0.1) is 0 Å². The number of nitrogens with one attached hydrogen (secondary N) is 1. The Kier molecular flexibility index (Phi) is 12.2. The number of hydrogen-bond donors (Lipinski definition) is 1. The van der Waals surface area contributed by atoms with E-state index in [9.17, 15) is 18.0 Å². The van der Waals surface area contributed by atoms with E-state index in [1.807, 2.05) is 26.0 Å². The van der Waals surface area contributed by atoms with Crippen molar-refractivity contribution >= 4 is 27.5 Å². The fraction of sp³-hybridized carbons (Fsp3) is 0.375. The zero-order valence-electron chi connectivity index (χ0n) is 25.4. The molecule has 0 aliphatic carbocycles. The minimum absolute atomic E-state index is 0.00118. The molecule has 0 saturated heterocycles. The number of anilines is 1. The molecule has 0 fully saturated rings. The van der Waals surface area contributed by atoms with Crippen molar-refractivity contribution in [2.75, 3.05) is 38.7 Å². The summed E-state index contributed by atoms with van der Waals surface area (Å²) < 4.78 is 45.4. The maximum atomic E-state index is 14.3. The number of benzene rings is 3. The first kappa shape index (κ1) is 33.3. The molecule has 0 aliphatic heterocycles. The third-order valence-corrected chi connectivity index (χ3v) is 8.77. The van der Waals surface area contributed by atoms with E-state index in [0.29, 0.717) is 24.5 Å². The van der Waals surface area contributed by atoms with Gasteiger partial charge in [0.25, 0.3) is 10.0 Å². The van der Waals surface area contributed by atoms with E-state index < -0.39 is 28.5 Å². The highest BCUT2D eigenvalue weighted by Crippen LogP contribution is 2.36. The standard InChI is InChI=1S/C32H41N3O7S/c1-6-8-20-33-32(37)28(7-2)34(22-24-14-16-25(40-3)17-15-24)31(36)23-35(43(38,39)27-12-10-9-11-13-27)29-21-26(41-4)18-19-30(29)42-5/h9-19,21,28H,6-8,20,22-23H2,1-5H3,(H,33,37). The SMILES string of the molecule is CCCCNC(=O)C(CC)N(Cc1ccc(OC)cc1)C(=O)CN(c1cc(OC)ccc1OC)S(=O)(=O)c1ccccc1. The van der Waals surface area contributed by atoms with Crippen molar-refractivity contribution in [3.8, 4) is 17.2 Å². The quantitative estimate of drug-likeness (QED) is 0.235. The molecule has 0 saturated carbocycles. The molecule has 0 aromatic heterocycles. The lowest BCUT2D eigenvalue weighted by molar-refractivity contribution is -0.140. The minimum atomic E-state index is -4.26. The van der Waals surface area contributed by atoms with E-state index >= 15 is 0 Å². The highest BCUT2D eigenvalue weighted by atomic mass is 32.2. The smallest absolute Gasteiger partial charge is 0.264 e.